The molecule has 103 heavy (non-hydrogen) atoms. The van der Waals surface area contributed by atoms with Gasteiger partial charge in [-0.3, -0.25) is 41.3 Å². The van der Waals surface area contributed by atoms with E-state index in [1.165, 1.54) is 0 Å². The third-order valence-corrected chi connectivity index (χ3v) is 22.4. The lowest BCUT2D eigenvalue weighted by molar-refractivity contribution is 0.266. The fourth-order valence-electron chi connectivity index (χ4n) is 10.7. The Bertz CT molecular complexity index is 6380. The molecule has 542 valence electrons. The van der Waals surface area contributed by atoms with Gasteiger partial charge in [-0.05, 0) is 94.6 Å². The molecule has 0 spiro atoms. The van der Waals surface area contributed by atoms with Crippen LogP contribution in [0.4, 0.5) is 57.9 Å². The summed E-state index contributed by atoms with van der Waals surface area (Å²) < 4.78 is 283. The first-order chi connectivity index (χ1) is 47.7. The van der Waals surface area contributed by atoms with E-state index in [4.69, 9.17) is 23.2 Å². The van der Waals surface area contributed by atoms with Crippen molar-refractivity contribution in [1.29, 1.82) is 0 Å². The van der Waals surface area contributed by atoms with Gasteiger partial charge in [-0.1, -0.05) is 36.4 Å². The van der Waals surface area contributed by atoms with Crippen molar-refractivity contribution < 1.29 is 114 Å². The zero-order valence-electron chi connectivity index (χ0n) is 50.4. The number of azo groups is 2. The molecule has 8 aromatic carbocycles. The second kappa shape index (κ2) is 27.0. The maximum Gasteiger partial charge on any atom is 0.297 e. The fourth-order valence-corrected chi connectivity index (χ4v) is 16.5. The van der Waals surface area contributed by atoms with Crippen LogP contribution < -0.4 is 20.9 Å². The Kier molecular flexibility index (Phi) is 19.6. The molecule has 2 aromatic heterocycles. The Labute approximate surface area is 588 Å². The van der Waals surface area contributed by atoms with Gasteiger partial charge in [0.1, 0.15) is 52.1 Å². The molecule has 0 atom stereocenters. The van der Waals surface area contributed by atoms with Crippen LogP contribution in [0.15, 0.2) is 157 Å². The molecule has 1 aliphatic rings. The van der Waals surface area contributed by atoms with Crippen LogP contribution in [0.2, 0.25) is 10.6 Å². The van der Waals surface area contributed by atoms with Crippen LogP contribution in [0, 0.1) is 0 Å². The summed E-state index contributed by atoms with van der Waals surface area (Å²) >= 11 is 12.7. The van der Waals surface area contributed by atoms with Crippen LogP contribution in [-0.4, -0.2) is 188 Å². The largest absolute Gasteiger partial charge is 0.505 e. The number of nitrogens with one attached hydrogen (secondary N) is 3. The number of hydrogen-bond donors (Lipinski definition) is 13. The Morgan fingerprint density at radius 1 is 0.408 bits per heavy atom. The number of anilines is 6. The number of phenolic OH excluding ortho intramolecular Hbond substituents is 2. The van der Waals surface area contributed by atoms with Gasteiger partial charge >= 0.3 is 0 Å². The summed E-state index contributed by atoms with van der Waals surface area (Å²) in [7, 11) is -42.3. The van der Waals surface area contributed by atoms with Crippen molar-refractivity contribution in [1.82, 2.24) is 34.8 Å². The Hall–Kier alpha value is -9.36. The lowest BCUT2D eigenvalue weighted by atomic mass is 10.1. The van der Waals surface area contributed by atoms with Gasteiger partial charge in [0.05, 0.1) is 21.2 Å². The number of nitrogens with zero attached hydrogens (tertiary/aromatic N) is 12. The number of benzene rings is 8. The zero-order chi connectivity index (χ0) is 75.2. The molecule has 1 aliphatic heterocycles. The zero-order valence-corrected chi connectivity index (χ0v) is 58.4. The lowest BCUT2D eigenvalue weighted by Gasteiger charge is -2.34. The number of rotatable bonds is 21. The van der Waals surface area contributed by atoms with Gasteiger partial charge in [0.15, 0.2) is 11.5 Å². The molecule has 0 unspecified atom stereocenters. The third kappa shape index (κ3) is 15.9. The predicted octanol–water partition coefficient (Wildman–Crippen LogP) is 6.91. The molecule has 10 aromatic rings. The van der Waals surface area contributed by atoms with Crippen LogP contribution in [0.1, 0.15) is 0 Å². The number of piperazine rings is 1. The number of aromatic hydroxyl groups is 2. The highest BCUT2D eigenvalue weighted by molar-refractivity contribution is 7.88. The third-order valence-electron chi connectivity index (χ3n) is 15.0. The monoisotopic (exact) mass is 1620 g/mol. The SMILES string of the molecule is O=S(=O)(O)c1cc(Nc2nc(Cl)nc(NCCN3CCN(c4nc(Cl)nc(Nc5cc(S(=O)(=O)O)cc6cc(S(=O)(=O)O)c(N=Nc7ccc8c(S(=O)(=O)O)cccc8c7S(=O)(=O)O)c(O)c56)n4)CC3)n2)c2c(O)c(N=Nc3ccc4c(S(=O)(=O)O)cccc4c3S(=O)(=O)O)c(S(=O)(=O)O)cc2c1. The quantitative estimate of drug-likeness (QED) is 0.0256. The molecule has 1 fully saturated rings. The van der Waals surface area contributed by atoms with E-state index in [9.17, 15) is 114 Å². The van der Waals surface area contributed by atoms with Crippen molar-refractivity contribution in [3.8, 4) is 11.5 Å². The number of phenols is 2. The number of hydrogen-bond acceptors (Lipinski definition) is 33. The summed E-state index contributed by atoms with van der Waals surface area (Å²) in [5, 5.41) is 41.4. The standard InChI is InChI=1S/C52H41Cl2N15O26S8/c53-47-58-49(62-50(59-47)56-33-21-25(96(72,73)74)17-23-19-37(100(84,85)86)41(43(70)39(23)33)66-64-31-9-7-27-29(45(31)102(90,91)92)3-1-5-35(27)98(78,79)80)55-11-12-68-13-15-69(16-14-68)52-61-48(54)60-51(63-52)57-34-22-26(97(75,76)77)18-24-20-38(101(87,88)89)42(44(71)40(24)34)67-65-32-10-8-28-30(46(32)103(93,94)95)4-2-6-36(28)99(81,82)83/h1-10,17-22,70-71H,11-16H2,(H,72,73,74)(H,75,76,77)(H,78,79,80)(H,81,82,83)(H,84,85,86)(H,87,88,89)(H,90,91,92)(H,93,94,95)(H,57,60,61,63)(H2,55,56,58,59,62). The van der Waals surface area contributed by atoms with E-state index in [-0.39, 0.29) is 51.2 Å². The van der Waals surface area contributed by atoms with Crippen LogP contribution >= 0.6 is 23.2 Å². The molecule has 11 rings (SSSR count). The molecule has 51 heteroatoms. The average molecular weight is 1620 g/mol. The van der Waals surface area contributed by atoms with E-state index < -0.39 is 231 Å². The van der Waals surface area contributed by atoms with Crippen molar-refractivity contribution in [2.75, 3.05) is 60.1 Å². The summed E-state index contributed by atoms with van der Waals surface area (Å²) in [5.41, 5.74) is -5.03. The van der Waals surface area contributed by atoms with Crippen LogP contribution in [0.25, 0.3) is 43.1 Å². The van der Waals surface area contributed by atoms with Gasteiger partial charge in [0, 0.05) is 71.6 Å². The van der Waals surface area contributed by atoms with Gasteiger partial charge in [-0.2, -0.15) is 97.2 Å². The van der Waals surface area contributed by atoms with Crippen LogP contribution in [-0.2, 0) is 80.9 Å². The van der Waals surface area contributed by atoms with Crippen molar-refractivity contribution in [3.63, 3.8) is 0 Å². The smallest absolute Gasteiger partial charge is 0.297 e. The van der Waals surface area contributed by atoms with Crippen LogP contribution in [0.3, 0.4) is 0 Å². The van der Waals surface area contributed by atoms with E-state index in [1.54, 1.807) is 4.90 Å². The highest BCUT2D eigenvalue weighted by Crippen LogP contribution is 2.49. The molecule has 0 saturated carbocycles. The van der Waals surface area contributed by atoms with E-state index in [0.29, 0.717) is 30.3 Å². The molecule has 0 bridgehead atoms. The highest BCUT2D eigenvalue weighted by atomic mass is 35.5. The summed E-state index contributed by atoms with van der Waals surface area (Å²) in [6.07, 6.45) is 0. The summed E-state index contributed by atoms with van der Waals surface area (Å²) in [6, 6.07) is 13.2. The Balaban J connectivity index is 0.835. The predicted molar refractivity (Wildman–Crippen MR) is 359 cm³/mol. The summed E-state index contributed by atoms with van der Waals surface area (Å²) in [4.78, 5) is 20.0. The number of aromatic nitrogens is 6. The molecule has 3 heterocycles. The van der Waals surface area contributed by atoms with Crippen molar-refractivity contribution in [3.05, 3.63) is 108 Å². The van der Waals surface area contributed by atoms with Gasteiger partial charge in [-0.15, -0.1) is 20.5 Å². The molecule has 0 aliphatic carbocycles. The molecule has 0 amide bonds. The van der Waals surface area contributed by atoms with E-state index >= 15 is 0 Å². The average Bonchev–Trinajstić information content (AvgIpc) is 0.750. The minimum Gasteiger partial charge on any atom is -0.505 e. The lowest BCUT2D eigenvalue weighted by Crippen LogP contribution is -2.48. The van der Waals surface area contributed by atoms with E-state index in [0.717, 1.165) is 66.7 Å². The molecule has 1 saturated heterocycles. The number of halogens is 2. The Morgan fingerprint density at radius 3 is 1.20 bits per heavy atom. The molecule has 41 nitrogen and oxygen atoms in total. The highest BCUT2D eigenvalue weighted by Gasteiger charge is 2.32. The fraction of sp³-hybridized carbons (Fsp3) is 0.115. The normalized spacial score (nSPS) is 14.2. The first kappa shape index (κ1) is 74.8. The first-order valence-corrected chi connectivity index (χ1v) is 40.0. The van der Waals surface area contributed by atoms with Gasteiger partial charge < -0.3 is 31.1 Å². The minimum atomic E-state index is -5.52. The molecule has 13 N–H and O–H groups in total. The Morgan fingerprint density at radius 2 is 0.806 bits per heavy atom. The minimum absolute atomic E-state index is 0.0477. The summed E-state index contributed by atoms with van der Waals surface area (Å²) in [5.74, 6) is -3.79. The van der Waals surface area contributed by atoms with E-state index in [1.807, 2.05) is 4.90 Å². The van der Waals surface area contributed by atoms with E-state index in [2.05, 4.69) is 66.3 Å². The second-order valence-corrected chi connectivity index (χ2v) is 33.3. The van der Waals surface area contributed by atoms with Gasteiger partial charge in [-0.25, -0.2) is 0 Å². The maximum atomic E-state index is 12.9. The molecular weight excluding hydrogens is 1580 g/mol. The molecule has 0 radical (unpaired) electrons. The first-order valence-electron chi connectivity index (χ1n) is 27.7. The van der Waals surface area contributed by atoms with Crippen LogP contribution in [0.5, 0.6) is 11.5 Å². The topological polar surface area (TPSA) is 645 Å². The van der Waals surface area contributed by atoms with Gasteiger partial charge in [0.25, 0.3) is 80.9 Å². The van der Waals surface area contributed by atoms with Crippen molar-refractivity contribution in [2.45, 2.75) is 39.2 Å². The summed E-state index contributed by atoms with van der Waals surface area (Å²) in [6.45, 7) is 1.12. The second-order valence-electron chi connectivity index (χ2n) is 21.5. The maximum absolute atomic E-state index is 12.9. The number of fused-ring (bicyclic) bond motifs is 4. The molecular formula is C52H41Cl2N15O26S8. The van der Waals surface area contributed by atoms with Crippen molar-refractivity contribution in [2.24, 2.45) is 20.5 Å². The van der Waals surface area contributed by atoms with Gasteiger partial charge in [0.2, 0.25) is 34.4 Å². The van der Waals surface area contributed by atoms with Crippen molar-refractivity contribution >= 4 is 205 Å².